The summed E-state index contributed by atoms with van der Waals surface area (Å²) in [6.07, 6.45) is 0. The van der Waals surface area contributed by atoms with E-state index in [4.69, 9.17) is 4.74 Å². The van der Waals surface area contributed by atoms with Crippen molar-refractivity contribution < 1.29 is 19.6 Å². The number of hydrogen-bond acceptors (Lipinski definition) is 5. The molecule has 24 heavy (non-hydrogen) atoms. The predicted molar refractivity (Wildman–Crippen MR) is 88.2 cm³/mol. The summed E-state index contributed by atoms with van der Waals surface area (Å²) in [5, 5.41) is 23.0. The van der Waals surface area contributed by atoms with Crippen LogP contribution in [-0.4, -0.2) is 35.1 Å². The van der Waals surface area contributed by atoms with Gasteiger partial charge in [-0.2, -0.15) is 0 Å². The van der Waals surface area contributed by atoms with Gasteiger partial charge in [0.05, 0.1) is 12.0 Å². The number of rotatable bonds is 5. The van der Waals surface area contributed by atoms with E-state index in [1.54, 1.807) is 19.2 Å². The maximum Gasteiger partial charge on any atom is 0.321 e. The van der Waals surface area contributed by atoms with Gasteiger partial charge in [-0.05, 0) is 29.8 Å². The van der Waals surface area contributed by atoms with Gasteiger partial charge in [0.2, 0.25) is 0 Å². The van der Waals surface area contributed by atoms with Gasteiger partial charge in [0.25, 0.3) is 5.69 Å². The van der Waals surface area contributed by atoms with Gasteiger partial charge in [-0.15, -0.1) is 0 Å². The Hall–Kier alpha value is -3.29. The zero-order valence-corrected chi connectivity index (χ0v) is 13.2. The van der Waals surface area contributed by atoms with Crippen molar-refractivity contribution in [2.45, 2.75) is 6.54 Å². The predicted octanol–water partition coefficient (Wildman–Crippen LogP) is 2.97. The van der Waals surface area contributed by atoms with Crippen LogP contribution in [0, 0.1) is 10.1 Å². The minimum absolute atomic E-state index is 0.000762. The van der Waals surface area contributed by atoms with Crippen LogP contribution in [0.4, 0.5) is 16.2 Å². The number of nitrogens with zero attached hydrogens (tertiary/aromatic N) is 2. The van der Waals surface area contributed by atoms with E-state index in [0.717, 1.165) is 5.56 Å². The van der Waals surface area contributed by atoms with Crippen molar-refractivity contribution in [1.82, 2.24) is 4.90 Å². The Kier molecular flexibility index (Phi) is 5.20. The van der Waals surface area contributed by atoms with Crippen molar-refractivity contribution in [2.24, 2.45) is 0 Å². The molecule has 2 rings (SSSR count). The highest BCUT2D eigenvalue weighted by atomic mass is 16.6. The number of aromatic hydroxyl groups is 1. The maximum atomic E-state index is 12.1. The lowest BCUT2D eigenvalue weighted by atomic mass is 10.2. The molecule has 8 nitrogen and oxygen atoms in total. The van der Waals surface area contributed by atoms with Crippen LogP contribution in [0.25, 0.3) is 0 Å². The fourth-order valence-electron chi connectivity index (χ4n) is 2.06. The van der Waals surface area contributed by atoms with E-state index in [2.05, 4.69) is 5.32 Å². The van der Waals surface area contributed by atoms with Crippen LogP contribution in [0.3, 0.4) is 0 Å². The summed E-state index contributed by atoms with van der Waals surface area (Å²) in [4.78, 5) is 23.7. The minimum atomic E-state index is -0.506. The Morgan fingerprint density at radius 1 is 1.29 bits per heavy atom. The standard InChI is InChI=1S/C16H17N3O5/c1-18(10-11-3-8-15(24-2)14(20)9-11)16(21)17-12-4-6-13(7-5-12)19(22)23/h3-9,20H,10H2,1-2H3,(H,17,21). The fraction of sp³-hybridized carbons (Fsp3) is 0.188. The number of carbonyl (C=O) groups is 1. The van der Waals surface area contributed by atoms with Crippen molar-refractivity contribution in [3.8, 4) is 11.5 Å². The van der Waals surface area contributed by atoms with Crippen molar-refractivity contribution in [2.75, 3.05) is 19.5 Å². The molecule has 0 aliphatic carbocycles. The molecule has 0 saturated heterocycles. The van der Waals surface area contributed by atoms with Crippen molar-refractivity contribution in [3.63, 3.8) is 0 Å². The van der Waals surface area contributed by atoms with E-state index in [9.17, 15) is 20.0 Å². The monoisotopic (exact) mass is 331 g/mol. The molecule has 126 valence electrons. The highest BCUT2D eigenvalue weighted by molar-refractivity contribution is 5.89. The van der Waals surface area contributed by atoms with Crippen LogP contribution in [0.1, 0.15) is 5.56 Å². The third kappa shape index (κ3) is 4.13. The van der Waals surface area contributed by atoms with Crippen LogP contribution < -0.4 is 10.1 Å². The molecule has 2 amide bonds. The molecule has 2 aromatic carbocycles. The first-order chi connectivity index (χ1) is 11.4. The second-order valence-corrected chi connectivity index (χ2v) is 5.10. The van der Waals surface area contributed by atoms with Gasteiger partial charge in [-0.3, -0.25) is 10.1 Å². The largest absolute Gasteiger partial charge is 0.504 e. The summed E-state index contributed by atoms with van der Waals surface area (Å²) in [5.41, 5.74) is 1.14. The zero-order valence-electron chi connectivity index (χ0n) is 13.2. The summed E-state index contributed by atoms with van der Waals surface area (Å²) in [5.74, 6) is 0.357. The first kappa shape index (κ1) is 17.1. The van der Waals surface area contributed by atoms with E-state index in [0.29, 0.717) is 11.4 Å². The van der Waals surface area contributed by atoms with Gasteiger partial charge in [-0.1, -0.05) is 6.07 Å². The number of methoxy groups -OCH3 is 1. The smallest absolute Gasteiger partial charge is 0.321 e. The molecule has 0 saturated carbocycles. The van der Waals surface area contributed by atoms with E-state index >= 15 is 0 Å². The highest BCUT2D eigenvalue weighted by Crippen LogP contribution is 2.26. The number of hydrogen-bond donors (Lipinski definition) is 2. The molecule has 0 spiro atoms. The van der Waals surface area contributed by atoms with E-state index in [1.807, 2.05) is 0 Å². The first-order valence-electron chi connectivity index (χ1n) is 7.03. The summed E-state index contributed by atoms with van der Waals surface area (Å²) < 4.78 is 4.97. The molecular weight excluding hydrogens is 314 g/mol. The number of anilines is 1. The van der Waals surface area contributed by atoms with Gasteiger partial charge in [-0.25, -0.2) is 4.79 Å². The molecule has 0 aliphatic heterocycles. The van der Waals surface area contributed by atoms with Gasteiger partial charge in [0, 0.05) is 31.4 Å². The van der Waals surface area contributed by atoms with E-state index in [-0.39, 0.29) is 24.0 Å². The van der Waals surface area contributed by atoms with Crippen molar-refractivity contribution in [1.29, 1.82) is 0 Å². The number of benzene rings is 2. The Labute approximate surface area is 138 Å². The summed E-state index contributed by atoms with van der Waals surface area (Å²) in [6.45, 7) is 0.274. The lowest BCUT2D eigenvalue weighted by Crippen LogP contribution is -2.30. The van der Waals surface area contributed by atoms with E-state index < -0.39 is 4.92 Å². The molecule has 0 aromatic heterocycles. The lowest BCUT2D eigenvalue weighted by molar-refractivity contribution is -0.384. The molecule has 0 heterocycles. The quantitative estimate of drug-likeness (QED) is 0.647. The molecule has 0 fully saturated rings. The van der Waals surface area contributed by atoms with Crippen LogP contribution in [0.2, 0.25) is 0 Å². The lowest BCUT2D eigenvalue weighted by Gasteiger charge is -2.18. The Bertz CT molecular complexity index is 746. The third-order valence-electron chi connectivity index (χ3n) is 3.34. The second kappa shape index (κ2) is 7.32. The SMILES string of the molecule is COc1ccc(CN(C)C(=O)Nc2ccc([N+](=O)[O-])cc2)cc1O. The number of phenolic OH excluding ortho intramolecular Hbond substituents is 1. The topological polar surface area (TPSA) is 105 Å². The van der Waals surface area contributed by atoms with Gasteiger partial charge < -0.3 is 20.1 Å². The van der Waals surface area contributed by atoms with E-state index in [1.165, 1.54) is 42.3 Å². The number of nitro groups is 1. The highest BCUT2D eigenvalue weighted by Gasteiger charge is 2.12. The molecule has 8 heteroatoms. The molecule has 0 radical (unpaired) electrons. The van der Waals surface area contributed by atoms with Crippen LogP contribution in [0.15, 0.2) is 42.5 Å². The number of nitro benzene ring substituents is 1. The first-order valence-corrected chi connectivity index (χ1v) is 7.03. The number of carbonyl (C=O) groups excluding carboxylic acids is 1. The molecule has 2 aromatic rings. The Morgan fingerprint density at radius 3 is 2.50 bits per heavy atom. The van der Waals surface area contributed by atoms with Gasteiger partial charge >= 0.3 is 6.03 Å². The number of phenols is 1. The second-order valence-electron chi connectivity index (χ2n) is 5.10. The summed E-state index contributed by atoms with van der Waals surface area (Å²) in [6, 6.07) is 10.1. The number of non-ortho nitro benzene ring substituents is 1. The third-order valence-corrected chi connectivity index (χ3v) is 3.34. The number of nitrogens with one attached hydrogen (secondary N) is 1. The molecule has 0 atom stereocenters. The Morgan fingerprint density at radius 2 is 1.96 bits per heavy atom. The summed E-state index contributed by atoms with van der Waals surface area (Å²) in [7, 11) is 3.06. The summed E-state index contributed by atoms with van der Waals surface area (Å²) >= 11 is 0. The number of urea groups is 1. The van der Waals surface area contributed by atoms with Crippen LogP contribution in [-0.2, 0) is 6.54 Å². The average Bonchev–Trinajstić information content (AvgIpc) is 2.55. The molecule has 0 aliphatic rings. The maximum absolute atomic E-state index is 12.1. The fourth-order valence-corrected chi connectivity index (χ4v) is 2.06. The normalized spacial score (nSPS) is 10.1. The van der Waals surface area contributed by atoms with Crippen molar-refractivity contribution >= 4 is 17.4 Å². The molecular formula is C16H17N3O5. The zero-order chi connectivity index (χ0) is 17.7. The Balaban J connectivity index is 1.99. The van der Waals surface area contributed by atoms with Gasteiger partial charge in [0.15, 0.2) is 11.5 Å². The molecule has 2 N–H and O–H groups in total. The average molecular weight is 331 g/mol. The number of amides is 2. The van der Waals surface area contributed by atoms with Crippen LogP contribution >= 0.6 is 0 Å². The van der Waals surface area contributed by atoms with Crippen LogP contribution in [0.5, 0.6) is 11.5 Å². The van der Waals surface area contributed by atoms with Gasteiger partial charge in [0.1, 0.15) is 0 Å². The van der Waals surface area contributed by atoms with Crippen molar-refractivity contribution in [3.05, 3.63) is 58.1 Å². The molecule has 0 unspecified atom stereocenters. The molecule has 0 bridgehead atoms. The number of ether oxygens (including phenoxy) is 1. The minimum Gasteiger partial charge on any atom is -0.504 e.